The Bertz CT molecular complexity index is 949. The van der Waals surface area contributed by atoms with Gasteiger partial charge in [0.05, 0.1) is 23.7 Å². The van der Waals surface area contributed by atoms with Gasteiger partial charge in [0.2, 0.25) is 10.8 Å². The molecule has 0 aromatic carbocycles. The molecule has 1 aliphatic rings. The lowest BCUT2D eigenvalue weighted by Crippen LogP contribution is -2.41. The molecule has 0 saturated carbocycles. The Morgan fingerprint density at radius 1 is 1.50 bits per heavy atom. The molecule has 8 nitrogen and oxygen atoms in total. The van der Waals surface area contributed by atoms with Crippen LogP contribution in [0, 0.1) is 5.92 Å². The molecule has 1 N–H and O–H groups in total. The fraction of sp³-hybridized carbons (Fsp3) is 0.526. The summed E-state index contributed by atoms with van der Waals surface area (Å²) >= 11 is 1.40. The smallest absolute Gasteiger partial charge is 0.310 e. The molecule has 9 heteroatoms. The molecule has 1 aliphatic heterocycles. The van der Waals surface area contributed by atoms with Gasteiger partial charge >= 0.3 is 5.97 Å². The Kier molecular flexibility index (Phi) is 5.36. The van der Waals surface area contributed by atoms with E-state index in [-0.39, 0.29) is 23.8 Å². The van der Waals surface area contributed by atoms with E-state index in [0.29, 0.717) is 30.4 Å². The zero-order valence-electron chi connectivity index (χ0n) is 16.0. The van der Waals surface area contributed by atoms with Gasteiger partial charge in [-0.1, -0.05) is 18.3 Å². The number of aryl methyl sites for hydroxylation is 1. The summed E-state index contributed by atoms with van der Waals surface area (Å²) in [6, 6.07) is 3.43. The van der Waals surface area contributed by atoms with E-state index in [1.807, 2.05) is 26.0 Å². The maximum absolute atomic E-state index is 12.3. The van der Waals surface area contributed by atoms with Crippen LogP contribution >= 0.6 is 11.3 Å². The third-order valence-electron chi connectivity index (χ3n) is 5.06. The third-order valence-corrected chi connectivity index (χ3v) is 6.13. The van der Waals surface area contributed by atoms with Gasteiger partial charge in [0.1, 0.15) is 11.8 Å². The van der Waals surface area contributed by atoms with Crippen molar-refractivity contribution in [1.82, 2.24) is 19.5 Å². The number of piperidine rings is 1. The molecular formula is C19H24N4O4S. The Morgan fingerprint density at radius 2 is 2.36 bits per heavy atom. The van der Waals surface area contributed by atoms with Gasteiger partial charge in [0.25, 0.3) is 0 Å². The van der Waals surface area contributed by atoms with Crippen molar-refractivity contribution in [3.05, 3.63) is 34.9 Å². The zero-order chi connectivity index (χ0) is 19.7. The molecule has 4 rings (SSSR count). The fourth-order valence-corrected chi connectivity index (χ4v) is 4.85. The molecule has 0 spiro atoms. The molecule has 150 valence electrons. The van der Waals surface area contributed by atoms with E-state index in [1.165, 1.54) is 15.9 Å². The number of rotatable bonds is 6. The zero-order valence-corrected chi connectivity index (χ0v) is 16.8. The number of likely N-dealkylation sites (tertiary alicyclic amines) is 1. The first kappa shape index (κ1) is 18.9. The molecule has 1 fully saturated rings. The maximum Gasteiger partial charge on any atom is 0.310 e. The van der Waals surface area contributed by atoms with Gasteiger partial charge in [-0.05, 0) is 38.4 Å². The number of esters is 1. The van der Waals surface area contributed by atoms with Gasteiger partial charge in [-0.2, -0.15) is 4.52 Å². The average molecular weight is 404 g/mol. The Morgan fingerprint density at radius 3 is 3.04 bits per heavy atom. The summed E-state index contributed by atoms with van der Waals surface area (Å²) in [5.41, 5.74) is 0. The number of fused-ring (bicyclic) bond motifs is 1. The summed E-state index contributed by atoms with van der Waals surface area (Å²) in [6.45, 7) is 5.53. The van der Waals surface area contributed by atoms with Crippen molar-refractivity contribution in [2.45, 2.75) is 39.2 Å². The first-order valence-corrected chi connectivity index (χ1v) is 10.4. The SMILES string of the molecule is CCOC(=O)[C@@H]1CCCN([C@@H](c2ccco2)c2sc3nc(CC)nn3c2O)C1. The number of thiazole rings is 1. The van der Waals surface area contributed by atoms with Gasteiger partial charge in [-0.15, -0.1) is 5.10 Å². The van der Waals surface area contributed by atoms with Crippen molar-refractivity contribution in [3.8, 4) is 5.88 Å². The minimum atomic E-state index is -0.300. The monoisotopic (exact) mass is 404 g/mol. The fourth-order valence-electron chi connectivity index (χ4n) is 3.73. The lowest BCUT2D eigenvalue weighted by molar-refractivity contribution is -0.150. The quantitative estimate of drug-likeness (QED) is 0.631. The van der Waals surface area contributed by atoms with E-state index in [1.54, 1.807) is 6.26 Å². The number of nitrogens with zero attached hydrogens (tertiary/aromatic N) is 4. The van der Waals surface area contributed by atoms with Crippen molar-refractivity contribution < 1.29 is 19.1 Å². The highest BCUT2D eigenvalue weighted by molar-refractivity contribution is 7.17. The largest absolute Gasteiger partial charge is 0.492 e. The van der Waals surface area contributed by atoms with E-state index in [9.17, 15) is 9.90 Å². The lowest BCUT2D eigenvalue weighted by Gasteiger charge is -2.36. The molecule has 0 bridgehead atoms. The first-order chi connectivity index (χ1) is 13.6. The number of hydrogen-bond acceptors (Lipinski definition) is 8. The molecule has 1 saturated heterocycles. The van der Waals surface area contributed by atoms with Crippen molar-refractivity contribution in [1.29, 1.82) is 0 Å². The summed E-state index contributed by atoms with van der Waals surface area (Å²) < 4.78 is 12.4. The number of carbonyl (C=O) groups excluding carboxylic acids is 1. The van der Waals surface area contributed by atoms with E-state index in [2.05, 4.69) is 15.0 Å². The van der Waals surface area contributed by atoms with Gasteiger partial charge in [0.15, 0.2) is 5.82 Å². The molecule has 0 aliphatic carbocycles. The van der Waals surface area contributed by atoms with E-state index >= 15 is 0 Å². The molecule has 0 unspecified atom stereocenters. The molecule has 2 atom stereocenters. The summed E-state index contributed by atoms with van der Waals surface area (Å²) in [5.74, 6) is 1.15. The number of carbonyl (C=O) groups is 1. The second-order valence-electron chi connectivity index (χ2n) is 6.87. The van der Waals surface area contributed by atoms with Gasteiger partial charge in [-0.25, -0.2) is 4.98 Å². The number of furan rings is 1. The molecule has 3 aromatic rings. The summed E-state index contributed by atoms with van der Waals surface area (Å²) in [7, 11) is 0. The van der Waals surface area contributed by atoms with Crippen molar-refractivity contribution in [3.63, 3.8) is 0 Å². The second-order valence-corrected chi connectivity index (χ2v) is 7.88. The van der Waals surface area contributed by atoms with Crippen LogP contribution in [0.3, 0.4) is 0 Å². The van der Waals surface area contributed by atoms with Crippen LogP contribution in [0.5, 0.6) is 5.88 Å². The van der Waals surface area contributed by atoms with Gasteiger partial charge in [0, 0.05) is 13.0 Å². The highest BCUT2D eigenvalue weighted by atomic mass is 32.1. The molecule has 0 radical (unpaired) electrons. The molecule has 3 aromatic heterocycles. The van der Waals surface area contributed by atoms with Crippen LogP contribution in [0.1, 0.15) is 49.2 Å². The summed E-state index contributed by atoms with van der Waals surface area (Å²) in [4.78, 5) is 20.3. The number of aromatic hydroxyl groups is 1. The normalized spacial score (nSPS) is 19.1. The van der Waals surface area contributed by atoms with Crippen LogP contribution in [0.2, 0.25) is 0 Å². The predicted molar refractivity (Wildman–Crippen MR) is 103 cm³/mol. The number of hydrogen-bond donors (Lipinski definition) is 1. The third kappa shape index (κ3) is 3.40. The van der Waals surface area contributed by atoms with Gasteiger partial charge < -0.3 is 14.3 Å². The van der Waals surface area contributed by atoms with Crippen LogP contribution in [-0.2, 0) is 16.0 Å². The Labute approximate surface area is 166 Å². The molecular weight excluding hydrogens is 380 g/mol. The van der Waals surface area contributed by atoms with E-state index < -0.39 is 0 Å². The van der Waals surface area contributed by atoms with Crippen LogP contribution < -0.4 is 0 Å². The number of ether oxygens (including phenoxy) is 1. The molecule has 0 amide bonds. The highest BCUT2D eigenvalue weighted by Gasteiger charge is 2.36. The molecule has 28 heavy (non-hydrogen) atoms. The Hall–Kier alpha value is -2.39. The molecule has 4 heterocycles. The predicted octanol–water partition coefficient (Wildman–Crippen LogP) is 3.02. The standard InChI is InChI=1S/C19H24N4O4S/c1-3-14-20-19-23(21-14)17(24)16(28-19)15(13-8-6-10-27-13)22-9-5-7-12(11-22)18(25)26-4-2/h6,8,10,12,15,24H,3-5,7,9,11H2,1-2H3/t12-,15+/m1/s1. The van der Waals surface area contributed by atoms with Crippen LogP contribution in [0.15, 0.2) is 22.8 Å². The average Bonchev–Trinajstić information content (AvgIpc) is 3.42. The van der Waals surface area contributed by atoms with Crippen LogP contribution in [0.25, 0.3) is 4.96 Å². The van der Waals surface area contributed by atoms with Crippen molar-refractivity contribution >= 4 is 22.3 Å². The lowest BCUT2D eigenvalue weighted by atomic mass is 9.96. The van der Waals surface area contributed by atoms with Gasteiger partial charge in [-0.3, -0.25) is 9.69 Å². The minimum absolute atomic E-state index is 0.0758. The highest BCUT2D eigenvalue weighted by Crippen LogP contribution is 2.41. The van der Waals surface area contributed by atoms with Crippen molar-refractivity contribution in [2.75, 3.05) is 19.7 Å². The van der Waals surface area contributed by atoms with E-state index in [0.717, 1.165) is 30.0 Å². The van der Waals surface area contributed by atoms with E-state index in [4.69, 9.17) is 9.15 Å². The van der Waals surface area contributed by atoms with Crippen molar-refractivity contribution in [2.24, 2.45) is 5.92 Å². The Balaban J connectivity index is 1.70. The minimum Gasteiger partial charge on any atom is -0.492 e. The number of aromatic nitrogens is 3. The van der Waals surface area contributed by atoms with Crippen LogP contribution in [0.4, 0.5) is 0 Å². The second kappa shape index (κ2) is 7.92. The first-order valence-electron chi connectivity index (χ1n) is 9.63. The van der Waals surface area contributed by atoms with Crippen LogP contribution in [-0.4, -0.2) is 50.3 Å². The topological polar surface area (TPSA) is 93.1 Å². The summed E-state index contributed by atoms with van der Waals surface area (Å²) in [5, 5.41) is 15.2. The maximum atomic E-state index is 12.3. The summed E-state index contributed by atoms with van der Waals surface area (Å²) in [6.07, 6.45) is 4.01.